The van der Waals surface area contributed by atoms with Gasteiger partial charge in [-0.15, -0.1) is 0 Å². The molecule has 3 heterocycles. The summed E-state index contributed by atoms with van der Waals surface area (Å²) in [5, 5.41) is 3.42. The van der Waals surface area contributed by atoms with Crippen LogP contribution in [0, 0.1) is 11.8 Å². The minimum absolute atomic E-state index is 0.151. The molecule has 10 heteroatoms. The number of halogens is 2. The highest BCUT2D eigenvalue weighted by atomic mass is 19.3. The molecule has 1 aliphatic heterocycles. The Morgan fingerprint density at radius 2 is 1.84 bits per heavy atom. The van der Waals surface area contributed by atoms with E-state index in [2.05, 4.69) is 29.0 Å². The summed E-state index contributed by atoms with van der Waals surface area (Å²) < 4.78 is 35.6. The molecule has 200 valence electrons. The van der Waals surface area contributed by atoms with Gasteiger partial charge in [-0.25, -0.2) is 13.8 Å². The summed E-state index contributed by atoms with van der Waals surface area (Å²) in [6, 6.07) is 9.41. The number of para-hydroxylation sites is 2. The number of hydrogen-bond donors (Lipinski definition) is 2. The molecule has 2 aromatic heterocycles. The molecule has 0 amide bonds. The van der Waals surface area contributed by atoms with Crippen LogP contribution in [0.3, 0.4) is 0 Å². The zero-order valence-corrected chi connectivity index (χ0v) is 21.6. The van der Waals surface area contributed by atoms with E-state index in [1.165, 1.54) is 4.57 Å². The molecule has 1 saturated carbocycles. The van der Waals surface area contributed by atoms with Crippen molar-refractivity contribution in [1.29, 1.82) is 0 Å². The third kappa shape index (κ3) is 5.85. The van der Waals surface area contributed by atoms with E-state index in [1.54, 1.807) is 18.2 Å². The molecule has 1 atom stereocenters. The van der Waals surface area contributed by atoms with Crippen molar-refractivity contribution < 1.29 is 13.5 Å². The van der Waals surface area contributed by atoms with Crippen LogP contribution < -0.4 is 16.0 Å². The van der Waals surface area contributed by atoms with E-state index in [-0.39, 0.29) is 17.9 Å². The van der Waals surface area contributed by atoms with E-state index in [0.717, 1.165) is 38.6 Å². The van der Waals surface area contributed by atoms with Gasteiger partial charge in [0, 0.05) is 25.2 Å². The molecule has 0 unspecified atom stereocenters. The number of fused-ring (bicyclic) bond motifs is 1. The summed E-state index contributed by atoms with van der Waals surface area (Å²) in [5.74, 6) is 2.18. The second-order valence-corrected chi connectivity index (χ2v) is 10.7. The van der Waals surface area contributed by atoms with Crippen LogP contribution >= 0.6 is 0 Å². The van der Waals surface area contributed by atoms with Gasteiger partial charge in [-0.2, -0.15) is 9.97 Å². The topological polar surface area (TPSA) is 94.1 Å². The normalized spacial score (nSPS) is 22.8. The van der Waals surface area contributed by atoms with E-state index >= 15 is 0 Å². The zero-order chi connectivity index (χ0) is 25.9. The zero-order valence-electron chi connectivity index (χ0n) is 21.6. The fourth-order valence-corrected chi connectivity index (χ4v) is 5.52. The first kappa shape index (κ1) is 25.8. The van der Waals surface area contributed by atoms with E-state index < -0.39 is 6.43 Å². The maximum absolute atomic E-state index is 14.2. The molecule has 3 aromatic rings. The number of hydrogen-bond acceptors (Lipinski definition) is 7. The Morgan fingerprint density at radius 3 is 2.59 bits per heavy atom. The lowest BCUT2D eigenvalue weighted by Crippen LogP contribution is -2.46. The Hall–Kier alpha value is -2.85. The van der Waals surface area contributed by atoms with Crippen LogP contribution in [0.1, 0.15) is 58.2 Å². The fourth-order valence-electron chi connectivity index (χ4n) is 5.52. The molecule has 0 bridgehead atoms. The highest BCUT2D eigenvalue weighted by molar-refractivity contribution is 5.78. The highest BCUT2D eigenvalue weighted by Gasteiger charge is 2.28. The first-order valence-electron chi connectivity index (χ1n) is 13.4. The quantitative estimate of drug-likeness (QED) is 0.441. The summed E-state index contributed by atoms with van der Waals surface area (Å²) in [6.45, 7) is 6.98. The molecule has 0 radical (unpaired) electrons. The number of imidazole rings is 1. The van der Waals surface area contributed by atoms with Gasteiger partial charge < -0.3 is 20.7 Å². The number of benzene rings is 1. The van der Waals surface area contributed by atoms with Crippen LogP contribution in [0.4, 0.5) is 20.5 Å². The predicted molar refractivity (Wildman–Crippen MR) is 141 cm³/mol. The molecule has 1 aromatic carbocycles. The Bertz CT molecular complexity index is 1190. The number of alkyl halides is 2. The van der Waals surface area contributed by atoms with E-state index in [0.29, 0.717) is 60.2 Å². The van der Waals surface area contributed by atoms with E-state index in [4.69, 9.17) is 20.4 Å². The molecule has 3 N–H and O–H groups in total. The van der Waals surface area contributed by atoms with Crippen molar-refractivity contribution in [3.05, 3.63) is 36.2 Å². The number of nitrogens with zero attached hydrogens (tertiary/aromatic N) is 5. The minimum atomic E-state index is -2.74. The summed E-state index contributed by atoms with van der Waals surface area (Å²) in [4.78, 5) is 16.1. The average Bonchev–Trinajstić information content (AvgIpc) is 3.28. The van der Waals surface area contributed by atoms with Crippen molar-refractivity contribution in [1.82, 2.24) is 19.5 Å². The molecule has 37 heavy (non-hydrogen) atoms. The number of aromatic nitrogens is 4. The van der Waals surface area contributed by atoms with Gasteiger partial charge in [-0.3, -0.25) is 4.57 Å². The van der Waals surface area contributed by atoms with Crippen molar-refractivity contribution in [2.75, 3.05) is 36.5 Å². The Morgan fingerprint density at radius 1 is 1.08 bits per heavy atom. The number of anilines is 2. The summed E-state index contributed by atoms with van der Waals surface area (Å²) in [7, 11) is 0. The Labute approximate surface area is 216 Å². The van der Waals surface area contributed by atoms with Crippen molar-refractivity contribution in [2.45, 2.75) is 64.5 Å². The molecule has 2 aliphatic rings. The molecule has 5 rings (SSSR count). The van der Waals surface area contributed by atoms with Crippen LogP contribution in [0.2, 0.25) is 0 Å². The van der Waals surface area contributed by atoms with Crippen LogP contribution in [0.15, 0.2) is 30.3 Å². The average molecular weight is 514 g/mol. The van der Waals surface area contributed by atoms with Crippen LogP contribution in [-0.2, 0) is 4.74 Å². The second kappa shape index (κ2) is 11.3. The molecule has 1 aliphatic carbocycles. The second-order valence-electron chi connectivity index (χ2n) is 10.7. The predicted octanol–water partition coefficient (Wildman–Crippen LogP) is 4.93. The molecule has 1 saturated heterocycles. The van der Waals surface area contributed by atoms with Crippen LogP contribution in [0.5, 0.6) is 0 Å². The van der Waals surface area contributed by atoms with E-state index in [1.807, 2.05) is 12.1 Å². The van der Waals surface area contributed by atoms with Gasteiger partial charge in [0.05, 0.1) is 30.3 Å². The fraction of sp³-hybridized carbons (Fsp3) is 0.593. The Kier molecular flexibility index (Phi) is 7.85. The van der Waals surface area contributed by atoms with Gasteiger partial charge in [0.15, 0.2) is 5.82 Å². The summed E-state index contributed by atoms with van der Waals surface area (Å²) in [6.07, 6.45) is 2.35. The first-order chi connectivity index (χ1) is 17.9. The standard InChI is InChI=1S/C27H37F2N7O/c1-17(2)13-20-16-37-12-11-35(20)23-14-24(34-27(33-23)31-15-18-7-9-19(30)10-8-18)36-22-6-4-3-5-21(22)32-26(36)25(28)29/h3-6,14,17-20,25H,7-13,15-16,30H2,1-2H3,(H,31,33,34)/t18?,19?,20-/m1/s1. The van der Waals surface area contributed by atoms with Crippen molar-refractivity contribution in [3.63, 3.8) is 0 Å². The number of rotatable bonds is 8. The van der Waals surface area contributed by atoms with Gasteiger partial charge >= 0.3 is 0 Å². The first-order valence-corrected chi connectivity index (χ1v) is 13.4. The lowest BCUT2D eigenvalue weighted by atomic mass is 9.86. The van der Waals surface area contributed by atoms with Gasteiger partial charge in [-0.1, -0.05) is 26.0 Å². The van der Waals surface area contributed by atoms with Gasteiger partial charge in [-0.05, 0) is 56.1 Å². The van der Waals surface area contributed by atoms with Gasteiger partial charge in [0.1, 0.15) is 11.6 Å². The Balaban J connectivity index is 1.55. The monoisotopic (exact) mass is 513 g/mol. The number of ether oxygens (including phenoxy) is 1. The molecule has 8 nitrogen and oxygen atoms in total. The maximum atomic E-state index is 14.2. The number of nitrogens with one attached hydrogen (secondary N) is 1. The maximum Gasteiger partial charge on any atom is 0.296 e. The van der Waals surface area contributed by atoms with Crippen LogP contribution in [0.25, 0.3) is 16.9 Å². The van der Waals surface area contributed by atoms with Gasteiger partial charge in [0.2, 0.25) is 5.95 Å². The van der Waals surface area contributed by atoms with Crippen molar-refractivity contribution in [3.8, 4) is 5.82 Å². The lowest BCUT2D eigenvalue weighted by Gasteiger charge is -2.37. The third-order valence-electron chi connectivity index (χ3n) is 7.42. The van der Waals surface area contributed by atoms with Gasteiger partial charge in [0.25, 0.3) is 6.43 Å². The molecular formula is C27H37F2N7O. The minimum Gasteiger partial charge on any atom is -0.377 e. The molecule has 2 fully saturated rings. The largest absolute Gasteiger partial charge is 0.377 e. The van der Waals surface area contributed by atoms with Crippen molar-refractivity contribution >= 4 is 22.8 Å². The summed E-state index contributed by atoms with van der Waals surface area (Å²) in [5.41, 5.74) is 7.18. The number of morpholine rings is 1. The van der Waals surface area contributed by atoms with Crippen molar-refractivity contribution in [2.24, 2.45) is 17.6 Å². The van der Waals surface area contributed by atoms with E-state index in [9.17, 15) is 8.78 Å². The SMILES string of the molecule is CC(C)C[C@@H]1COCCN1c1cc(-n2c(C(F)F)nc3ccccc32)nc(NCC2CCC(N)CC2)n1. The summed E-state index contributed by atoms with van der Waals surface area (Å²) >= 11 is 0. The molecular weight excluding hydrogens is 476 g/mol. The van der Waals surface area contributed by atoms with Crippen LogP contribution in [-0.4, -0.2) is 57.9 Å². The third-order valence-corrected chi connectivity index (χ3v) is 7.42. The smallest absolute Gasteiger partial charge is 0.296 e. The number of nitrogens with two attached hydrogens (primary N) is 1. The molecule has 0 spiro atoms. The lowest BCUT2D eigenvalue weighted by molar-refractivity contribution is 0.0873. The highest BCUT2D eigenvalue weighted by Crippen LogP contribution is 2.31.